The van der Waals surface area contributed by atoms with Crippen molar-refractivity contribution in [3.05, 3.63) is 10.6 Å². The zero-order valence-corrected chi connectivity index (χ0v) is 11.5. The lowest BCUT2D eigenvalue weighted by molar-refractivity contribution is 0.0701. The lowest BCUT2D eigenvalue weighted by Gasteiger charge is -2.20. The van der Waals surface area contributed by atoms with Gasteiger partial charge in [0, 0.05) is 19.1 Å². The summed E-state index contributed by atoms with van der Waals surface area (Å²) in [7, 11) is 2.06. The van der Waals surface area contributed by atoms with Crippen molar-refractivity contribution in [2.45, 2.75) is 26.8 Å². The fourth-order valence-electron chi connectivity index (χ4n) is 1.27. The van der Waals surface area contributed by atoms with Crippen LogP contribution in [0.2, 0.25) is 0 Å². The Kier molecular flexibility index (Phi) is 4.89. The number of carbonyl (C=O) groups is 1. The Bertz CT molecular complexity index is 390. The molecule has 1 aromatic heterocycles. The molecule has 1 heterocycles. The molecular weight excluding hydrogens is 238 g/mol. The van der Waals surface area contributed by atoms with Gasteiger partial charge in [-0.15, -0.1) is 0 Å². The van der Waals surface area contributed by atoms with Crippen LogP contribution in [0.15, 0.2) is 0 Å². The molecule has 0 atom stereocenters. The molecule has 2 N–H and O–H groups in total. The molecule has 0 aliphatic carbocycles. The van der Waals surface area contributed by atoms with E-state index in [9.17, 15) is 4.79 Å². The van der Waals surface area contributed by atoms with Crippen molar-refractivity contribution in [3.63, 3.8) is 0 Å². The first-order chi connectivity index (χ1) is 7.91. The number of nitrogens with one attached hydrogen (secondary N) is 1. The summed E-state index contributed by atoms with van der Waals surface area (Å²) in [5, 5.41) is 12.7. The van der Waals surface area contributed by atoms with Crippen LogP contribution in [-0.4, -0.2) is 47.1 Å². The number of thiazole rings is 1. The number of likely N-dealkylation sites (N-methyl/N-ethyl adjacent to an activating group) is 1. The Morgan fingerprint density at radius 1 is 1.59 bits per heavy atom. The number of rotatable bonds is 6. The zero-order valence-electron chi connectivity index (χ0n) is 10.6. The van der Waals surface area contributed by atoms with Crippen LogP contribution in [0.1, 0.15) is 29.2 Å². The van der Waals surface area contributed by atoms with E-state index in [0.717, 1.165) is 13.1 Å². The highest BCUT2D eigenvalue weighted by atomic mass is 32.1. The Balaban J connectivity index is 2.48. The number of hydrogen-bond donors (Lipinski definition) is 2. The predicted molar refractivity (Wildman–Crippen MR) is 70.1 cm³/mol. The van der Waals surface area contributed by atoms with Crippen LogP contribution in [0.5, 0.6) is 0 Å². The summed E-state index contributed by atoms with van der Waals surface area (Å²) in [4.78, 5) is 17.5. The number of anilines is 1. The Morgan fingerprint density at radius 3 is 2.71 bits per heavy atom. The Labute approximate surface area is 105 Å². The van der Waals surface area contributed by atoms with Crippen LogP contribution in [0.3, 0.4) is 0 Å². The SMILES string of the molecule is Cc1nc(NCCN(C)C(C)C)sc1C(=O)O. The van der Waals surface area contributed by atoms with Crippen LogP contribution < -0.4 is 5.32 Å². The molecule has 0 bridgehead atoms. The van der Waals surface area contributed by atoms with Gasteiger partial charge in [0.05, 0.1) is 5.69 Å². The van der Waals surface area contributed by atoms with Crippen molar-refractivity contribution in [1.29, 1.82) is 0 Å². The first kappa shape index (κ1) is 13.9. The molecule has 0 fully saturated rings. The third-order valence-corrected chi connectivity index (χ3v) is 3.72. The summed E-state index contributed by atoms with van der Waals surface area (Å²) in [5.74, 6) is -0.910. The minimum absolute atomic E-state index is 0.310. The molecule has 0 saturated heterocycles. The molecule has 0 amide bonds. The van der Waals surface area contributed by atoms with E-state index in [-0.39, 0.29) is 0 Å². The quantitative estimate of drug-likeness (QED) is 0.815. The van der Waals surface area contributed by atoms with E-state index in [4.69, 9.17) is 5.11 Å². The first-order valence-corrected chi connectivity index (χ1v) is 6.38. The molecule has 0 aromatic carbocycles. The molecular formula is C11H19N3O2S. The van der Waals surface area contributed by atoms with E-state index in [0.29, 0.717) is 21.7 Å². The minimum atomic E-state index is -0.910. The third-order valence-electron chi connectivity index (χ3n) is 2.61. The Morgan fingerprint density at radius 2 is 2.24 bits per heavy atom. The maximum Gasteiger partial charge on any atom is 0.347 e. The lowest BCUT2D eigenvalue weighted by atomic mass is 10.3. The fourth-order valence-corrected chi connectivity index (χ4v) is 2.10. The monoisotopic (exact) mass is 257 g/mol. The van der Waals surface area contributed by atoms with E-state index in [1.165, 1.54) is 11.3 Å². The predicted octanol–water partition coefficient (Wildman–Crippen LogP) is 1.90. The second-order valence-corrected chi connectivity index (χ2v) is 5.24. The van der Waals surface area contributed by atoms with Gasteiger partial charge in [-0.3, -0.25) is 0 Å². The summed E-state index contributed by atoms with van der Waals surface area (Å²) in [6, 6.07) is 0.504. The topological polar surface area (TPSA) is 65.5 Å². The van der Waals surface area contributed by atoms with Crippen molar-refractivity contribution >= 4 is 22.4 Å². The minimum Gasteiger partial charge on any atom is -0.477 e. The summed E-state index contributed by atoms with van der Waals surface area (Å²) in [6.45, 7) is 7.65. The van der Waals surface area contributed by atoms with Gasteiger partial charge in [0.15, 0.2) is 5.13 Å². The maximum absolute atomic E-state index is 10.8. The van der Waals surface area contributed by atoms with E-state index >= 15 is 0 Å². The molecule has 0 saturated carbocycles. The van der Waals surface area contributed by atoms with Crippen LogP contribution in [-0.2, 0) is 0 Å². The van der Waals surface area contributed by atoms with E-state index in [2.05, 4.69) is 36.1 Å². The summed E-state index contributed by atoms with van der Waals surface area (Å²) < 4.78 is 0. The standard InChI is InChI=1S/C11H19N3O2S/c1-7(2)14(4)6-5-12-11-13-8(3)9(17-11)10(15)16/h7H,5-6H2,1-4H3,(H,12,13)(H,15,16). The van der Waals surface area contributed by atoms with Crippen LogP contribution in [0, 0.1) is 6.92 Å². The molecule has 0 spiro atoms. The number of carboxylic acid groups (broad SMARTS) is 1. The van der Waals surface area contributed by atoms with E-state index in [1.54, 1.807) is 6.92 Å². The second kappa shape index (κ2) is 5.97. The third kappa shape index (κ3) is 3.98. The first-order valence-electron chi connectivity index (χ1n) is 5.56. The van der Waals surface area contributed by atoms with Gasteiger partial charge in [-0.25, -0.2) is 9.78 Å². The van der Waals surface area contributed by atoms with Gasteiger partial charge < -0.3 is 15.3 Å². The molecule has 0 aliphatic heterocycles. The fraction of sp³-hybridized carbons (Fsp3) is 0.636. The van der Waals surface area contributed by atoms with E-state index in [1.807, 2.05) is 0 Å². The number of aryl methyl sites for hydroxylation is 1. The highest BCUT2D eigenvalue weighted by molar-refractivity contribution is 7.17. The van der Waals surface area contributed by atoms with Gasteiger partial charge >= 0.3 is 5.97 Å². The van der Waals surface area contributed by atoms with Gasteiger partial charge in [-0.1, -0.05) is 11.3 Å². The average molecular weight is 257 g/mol. The maximum atomic E-state index is 10.8. The van der Waals surface area contributed by atoms with Crippen LogP contribution in [0.4, 0.5) is 5.13 Å². The van der Waals surface area contributed by atoms with Gasteiger partial charge in [0.1, 0.15) is 4.88 Å². The van der Waals surface area contributed by atoms with Crippen LogP contribution >= 0.6 is 11.3 Å². The van der Waals surface area contributed by atoms with Gasteiger partial charge in [-0.05, 0) is 27.8 Å². The second-order valence-electron chi connectivity index (χ2n) is 4.24. The normalized spacial score (nSPS) is 11.2. The molecule has 17 heavy (non-hydrogen) atoms. The van der Waals surface area contributed by atoms with Crippen molar-refractivity contribution in [2.24, 2.45) is 0 Å². The highest BCUT2D eigenvalue weighted by Crippen LogP contribution is 2.21. The van der Waals surface area contributed by atoms with Gasteiger partial charge in [0.2, 0.25) is 0 Å². The molecule has 0 radical (unpaired) electrons. The van der Waals surface area contributed by atoms with Crippen molar-refractivity contribution in [3.8, 4) is 0 Å². The van der Waals surface area contributed by atoms with Crippen LogP contribution in [0.25, 0.3) is 0 Å². The summed E-state index contributed by atoms with van der Waals surface area (Å²) >= 11 is 1.19. The number of aromatic nitrogens is 1. The highest BCUT2D eigenvalue weighted by Gasteiger charge is 2.13. The lowest BCUT2D eigenvalue weighted by Crippen LogP contribution is -2.31. The van der Waals surface area contributed by atoms with Crippen molar-refractivity contribution in [2.75, 3.05) is 25.5 Å². The molecule has 0 aliphatic rings. The molecule has 1 aromatic rings. The number of hydrogen-bond acceptors (Lipinski definition) is 5. The summed E-state index contributed by atoms with van der Waals surface area (Å²) in [5.41, 5.74) is 0.571. The number of aromatic carboxylic acids is 1. The molecule has 96 valence electrons. The average Bonchev–Trinajstić information content (AvgIpc) is 2.59. The largest absolute Gasteiger partial charge is 0.477 e. The number of nitrogens with zero attached hydrogens (tertiary/aromatic N) is 2. The Hall–Kier alpha value is -1.14. The summed E-state index contributed by atoms with van der Waals surface area (Å²) in [6.07, 6.45) is 0. The zero-order chi connectivity index (χ0) is 13.0. The van der Waals surface area contributed by atoms with Crippen molar-refractivity contribution in [1.82, 2.24) is 9.88 Å². The van der Waals surface area contributed by atoms with E-state index < -0.39 is 5.97 Å². The van der Waals surface area contributed by atoms with Gasteiger partial charge in [-0.2, -0.15) is 0 Å². The smallest absolute Gasteiger partial charge is 0.347 e. The van der Waals surface area contributed by atoms with Gasteiger partial charge in [0.25, 0.3) is 0 Å². The number of carboxylic acids is 1. The molecule has 0 unspecified atom stereocenters. The molecule has 1 rings (SSSR count). The van der Waals surface area contributed by atoms with Crippen molar-refractivity contribution < 1.29 is 9.90 Å². The molecule has 5 nitrogen and oxygen atoms in total. The molecule has 6 heteroatoms.